The number of carbonyl (C=O) groups excluding carboxylic acids is 2. The van der Waals surface area contributed by atoms with Crippen molar-refractivity contribution in [1.29, 1.82) is 0 Å². The summed E-state index contributed by atoms with van der Waals surface area (Å²) in [6, 6.07) is 63.7. The van der Waals surface area contributed by atoms with Crippen LogP contribution in [0, 0.1) is 0 Å². The van der Waals surface area contributed by atoms with Crippen molar-refractivity contribution in [2.75, 3.05) is 75.3 Å². The average Bonchev–Trinajstić information content (AvgIpc) is 0.760. The van der Waals surface area contributed by atoms with Gasteiger partial charge in [-0.1, -0.05) is 123 Å². The summed E-state index contributed by atoms with van der Waals surface area (Å²) in [6.07, 6.45) is -0.609. The topological polar surface area (TPSA) is 410 Å². The third kappa shape index (κ3) is 20.3. The Labute approximate surface area is 606 Å². The first-order chi connectivity index (χ1) is 50.2. The summed E-state index contributed by atoms with van der Waals surface area (Å²) in [7, 11) is -3.80. The molecule has 0 spiro atoms. The molecule has 536 valence electrons. The molecule has 0 radical (unpaired) electrons. The second-order valence-electron chi connectivity index (χ2n) is 23.3. The van der Waals surface area contributed by atoms with E-state index in [1.54, 1.807) is 96.7 Å². The Kier molecular flexibility index (Phi) is 26.7. The molecule has 0 fully saturated rings. The molecule has 0 saturated heterocycles. The minimum Gasteiger partial charge on any atom is -0.457 e. The number of nitrogen functional groups attached to an aromatic ring is 4. The summed E-state index contributed by atoms with van der Waals surface area (Å²) < 4.78 is 37.9. The van der Waals surface area contributed by atoms with Crippen LogP contribution in [0.15, 0.2) is 248 Å². The first-order valence-corrected chi connectivity index (χ1v) is 35.5. The molecule has 12 rings (SSSR count). The molecule has 17 N–H and O–H groups in total. The molecule has 25 nitrogen and oxygen atoms in total. The van der Waals surface area contributed by atoms with Crippen molar-refractivity contribution in [3.05, 3.63) is 241 Å². The number of aliphatic hydroxyl groups excluding tert-OH is 1. The maximum atomic E-state index is 13.0. The number of fused-ring (bicyclic) bond motifs is 4. The van der Waals surface area contributed by atoms with Gasteiger partial charge in [0.25, 0.3) is 11.8 Å². The molecule has 0 aliphatic carbocycles. The summed E-state index contributed by atoms with van der Waals surface area (Å²) >= 11 is 1.60. The van der Waals surface area contributed by atoms with Gasteiger partial charge in [-0.2, -0.15) is 0 Å². The number of nitrogens with one attached hydrogen (secondary N) is 2. The van der Waals surface area contributed by atoms with Gasteiger partial charge in [-0.05, 0) is 160 Å². The number of aliphatic hydroxyl groups is 1. The van der Waals surface area contributed by atoms with E-state index in [0.29, 0.717) is 86.7 Å². The van der Waals surface area contributed by atoms with Crippen LogP contribution in [0.3, 0.4) is 0 Å². The number of aromatic nitrogens is 4. The van der Waals surface area contributed by atoms with Crippen LogP contribution in [0.2, 0.25) is 0 Å². The van der Waals surface area contributed by atoms with E-state index < -0.39 is 15.9 Å². The number of oxime groups is 2. The molecule has 0 saturated carbocycles. The number of amidine groups is 2. The van der Waals surface area contributed by atoms with Gasteiger partial charge in [0.05, 0.1) is 38.0 Å². The molecule has 0 aliphatic rings. The molecular weight excluding hydrogens is 1360 g/mol. The van der Waals surface area contributed by atoms with Crippen molar-refractivity contribution < 1.29 is 43.0 Å². The summed E-state index contributed by atoms with van der Waals surface area (Å²) in [5.41, 5.74) is 39.5. The predicted molar refractivity (Wildman–Crippen MR) is 411 cm³/mol. The van der Waals surface area contributed by atoms with Crippen molar-refractivity contribution in [2.24, 2.45) is 21.8 Å². The SMILES string of the molecule is CCN(CC)CC(O)CNC(=O)c1ccc(Oc2cc(N)nc3ccccc23)cc1.CCN(CC)CCNC(=O)c1ccc(Oc2cc(N)nc3ccccc23)cc1.NC(=NO)c1ccc(S(=O)(=O)c2cc(N)nc3ccccc23)cc1.NC(=NO)c1ccc(Sc2cc(N)nc3ccccc23)cc1. The summed E-state index contributed by atoms with van der Waals surface area (Å²) in [5.74, 6) is 3.54. The van der Waals surface area contributed by atoms with Crippen LogP contribution in [0.5, 0.6) is 23.0 Å². The van der Waals surface area contributed by atoms with Crippen molar-refractivity contribution in [1.82, 2.24) is 40.4 Å². The lowest BCUT2D eigenvalue weighted by Crippen LogP contribution is -2.40. The number of nitrogens with two attached hydrogens (primary N) is 6. The number of rotatable bonds is 23. The zero-order valence-corrected chi connectivity index (χ0v) is 59.3. The minimum absolute atomic E-state index is 0.0766. The van der Waals surface area contributed by atoms with E-state index in [1.807, 2.05) is 117 Å². The largest absolute Gasteiger partial charge is 0.457 e. The normalized spacial score (nSPS) is 11.8. The number of ether oxygens (including phenoxy) is 2. The van der Waals surface area contributed by atoms with Crippen LogP contribution in [0.1, 0.15) is 59.5 Å². The van der Waals surface area contributed by atoms with Gasteiger partial charge in [-0.25, -0.2) is 28.4 Å². The molecule has 2 amide bonds. The second-order valence-corrected chi connectivity index (χ2v) is 26.3. The Morgan fingerprint density at radius 1 is 0.490 bits per heavy atom. The summed E-state index contributed by atoms with van der Waals surface area (Å²) in [6.45, 7) is 14.2. The highest BCUT2D eigenvalue weighted by Crippen LogP contribution is 2.36. The Hall–Kier alpha value is -12.1. The number of carbonyl (C=O) groups is 2. The monoisotopic (exact) mass is 1440 g/mol. The smallest absolute Gasteiger partial charge is 0.251 e. The van der Waals surface area contributed by atoms with E-state index >= 15 is 0 Å². The van der Waals surface area contributed by atoms with E-state index in [4.69, 9.17) is 54.3 Å². The summed E-state index contributed by atoms with van der Waals surface area (Å²) in [4.78, 5) is 48.4. The van der Waals surface area contributed by atoms with Gasteiger partial charge in [0.2, 0.25) is 9.84 Å². The van der Waals surface area contributed by atoms with Crippen LogP contribution in [-0.2, 0) is 9.84 Å². The molecule has 8 aromatic carbocycles. The highest BCUT2D eigenvalue weighted by molar-refractivity contribution is 7.99. The average molecular weight is 1440 g/mol. The number of para-hydroxylation sites is 4. The fraction of sp³-hybridized carbons (Fsp3) is 0.169. The second kappa shape index (κ2) is 36.5. The zero-order chi connectivity index (χ0) is 74.3. The molecule has 4 aromatic heterocycles. The van der Waals surface area contributed by atoms with Crippen molar-refractivity contribution >= 4 is 112 Å². The number of hydrogen-bond acceptors (Lipinski definition) is 22. The van der Waals surface area contributed by atoms with E-state index in [0.717, 1.165) is 75.2 Å². The number of likely N-dealkylation sites (N-methyl/N-ethyl adjacent to an activating group) is 2. The van der Waals surface area contributed by atoms with E-state index in [1.165, 1.54) is 30.3 Å². The highest BCUT2D eigenvalue weighted by atomic mass is 32.2. The van der Waals surface area contributed by atoms with Crippen molar-refractivity contribution in [2.45, 2.75) is 53.4 Å². The van der Waals surface area contributed by atoms with Crippen molar-refractivity contribution in [3.8, 4) is 23.0 Å². The lowest BCUT2D eigenvalue weighted by atomic mass is 10.2. The fourth-order valence-electron chi connectivity index (χ4n) is 10.7. The highest BCUT2D eigenvalue weighted by Gasteiger charge is 2.23. The number of hydrogen-bond donors (Lipinski definition) is 11. The minimum atomic E-state index is -3.80. The summed E-state index contributed by atoms with van der Waals surface area (Å²) in [5, 5.41) is 42.3. The van der Waals surface area contributed by atoms with Crippen molar-refractivity contribution in [3.63, 3.8) is 0 Å². The van der Waals surface area contributed by atoms with Gasteiger partial charge in [0.15, 0.2) is 11.7 Å². The van der Waals surface area contributed by atoms with Gasteiger partial charge in [0, 0.05) is 91.9 Å². The van der Waals surface area contributed by atoms with Crippen LogP contribution < -0.4 is 54.5 Å². The van der Waals surface area contributed by atoms with E-state index in [-0.39, 0.29) is 45.6 Å². The number of anilines is 4. The molecule has 27 heteroatoms. The third-order valence-corrected chi connectivity index (χ3v) is 19.2. The molecule has 1 unspecified atom stereocenters. The van der Waals surface area contributed by atoms with Gasteiger partial charge >= 0.3 is 0 Å². The Morgan fingerprint density at radius 3 is 1.34 bits per heavy atom. The number of amides is 2. The quantitative estimate of drug-likeness (QED) is 0.0123. The number of nitrogens with zero attached hydrogens (tertiary/aromatic N) is 8. The molecular formula is C77H82N16O9S2. The standard InChI is InChI=1S/C23H28N4O3.C22H26N4O2.C16H14N4O3S.C16H14N4OS/c1-3-27(4-2)15-17(28)14-25-23(29)16-9-11-18(12-10-16)30-21-13-22(24)26-20-8-6-5-7-19(20)21;1-3-26(4-2)14-13-24-22(27)16-9-11-17(12-10-16)28-20-15-21(23)25-19-8-6-5-7-18(19)20;17-15-9-14(12-3-1-2-4-13(12)19-15)24(22,23)11-7-5-10(6-8-11)16(18)20-21;17-15-9-14(12-3-1-2-4-13(12)19-15)22-11-7-5-10(6-8-11)16(18)20-21/h5-13,17,28H,3-4,14-15H2,1-2H3,(H2,24,26)(H,25,29);5-12,15H,3-4,13-14H2,1-2H3,(H2,23,25)(H,24,27);1-9,21H,(H2,17,19)(H2,18,20);1-9,21H,(H2,17,19)(H2,18,20). The Bertz CT molecular complexity index is 5090. The molecule has 4 heterocycles. The van der Waals surface area contributed by atoms with Gasteiger partial charge in [-0.15, -0.1) is 0 Å². The molecule has 12 aromatic rings. The third-order valence-electron chi connectivity index (χ3n) is 16.3. The molecule has 104 heavy (non-hydrogen) atoms. The Morgan fingerprint density at radius 2 is 0.875 bits per heavy atom. The van der Waals surface area contributed by atoms with E-state index in [2.05, 4.69) is 64.5 Å². The zero-order valence-electron chi connectivity index (χ0n) is 57.7. The lowest BCUT2D eigenvalue weighted by Gasteiger charge is -2.22. The molecule has 0 aliphatic heterocycles. The van der Waals surface area contributed by atoms with Crippen LogP contribution in [-0.4, -0.2) is 136 Å². The predicted octanol–water partition coefficient (Wildman–Crippen LogP) is 11.5. The van der Waals surface area contributed by atoms with Crippen LogP contribution in [0.4, 0.5) is 23.3 Å². The first-order valence-electron chi connectivity index (χ1n) is 33.2. The first kappa shape index (κ1) is 76.0. The molecule has 1 atom stereocenters. The molecule has 0 bridgehead atoms. The van der Waals surface area contributed by atoms with Crippen LogP contribution >= 0.6 is 11.8 Å². The van der Waals surface area contributed by atoms with Gasteiger partial charge < -0.3 is 79.8 Å². The van der Waals surface area contributed by atoms with E-state index in [9.17, 15) is 23.1 Å². The fourth-order valence-corrected chi connectivity index (χ4v) is 13.2. The maximum Gasteiger partial charge on any atom is 0.251 e. The van der Waals surface area contributed by atoms with Gasteiger partial charge in [-0.3, -0.25) is 9.59 Å². The lowest BCUT2D eigenvalue weighted by molar-refractivity contribution is 0.0869. The number of pyridine rings is 4. The van der Waals surface area contributed by atoms with Crippen LogP contribution in [0.25, 0.3) is 43.6 Å². The maximum absolute atomic E-state index is 13.0. The number of sulfone groups is 1. The number of benzene rings is 8. The van der Waals surface area contributed by atoms with Gasteiger partial charge in [0.1, 0.15) is 46.3 Å². The Balaban J connectivity index is 0.000000162.